The van der Waals surface area contributed by atoms with Crippen LogP contribution in [-0.2, 0) is 11.3 Å². The van der Waals surface area contributed by atoms with Crippen molar-refractivity contribution in [2.45, 2.75) is 38.0 Å². The number of hydrogen-bond donors (Lipinski definition) is 1. The van der Waals surface area contributed by atoms with Gasteiger partial charge in [0.15, 0.2) is 0 Å². The van der Waals surface area contributed by atoms with Gasteiger partial charge in [-0.3, -0.25) is 4.90 Å². The van der Waals surface area contributed by atoms with Crippen LogP contribution in [0.4, 0.5) is 4.39 Å². The molecule has 3 atom stereocenters. The zero-order valence-electron chi connectivity index (χ0n) is 12.5. The molecule has 0 aromatic heterocycles. The van der Waals surface area contributed by atoms with Crippen LogP contribution >= 0.6 is 0 Å². The molecule has 1 aromatic carbocycles. The average Bonchev–Trinajstić information content (AvgIpc) is 2.98. The Hall–Kier alpha value is -1.48. The molecule has 0 amide bonds. The minimum Gasteiger partial charge on any atom is -0.393 e. The lowest BCUT2D eigenvalue weighted by Gasteiger charge is -2.37. The highest BCUT2D eigenvalue weighted by molar-refractivity contribution is 5.32. The number of rotatable bonds is 3. The minimum atomic E-state index is -0.329. The van der Waals surface area contributed by atoms with Crippen LogP contribution in [0.25, 0.3) is 0 Å². The van der Waals surface area contributed by atoms with Gasteiger partial charge in [0.25, 0.3) is 0 Å². The minimum absolute atomic E-state index is 0.109. The summed E-state index contributed by atoms with van der Waals surface area (Å²) in [5.41, 5.74) is 0.951. The average molecular weight is 304 g/mol. The van der Waals surface area contributed by atoms with Crippen molar-refractivity contribution in [3.8, 4) is 6.07 Å². The summed E-state index contributed by atoms with van der Waals surface area (Å²) in [6.45, 7) is 2.63. The van der Waals surface area contributed by atoms with E-state index in [9.17, 15) is 9.50 Å². The Balaban J connectivity index is 1.72. The lowest BCUT2D eigenvalue weighted by molar-refractivity contribution is -0.0636. The quantitative estimate of drug-likeness (QED) is 0.928. The van der Waals surface area contributed by atoms with Gasteiger partial charge in [0, 0.05) is 30.7 Å². The van der Waals surface area contributed by atoms with Crippen LogP contribution < -0.4 is 0 Å². The summed E-state index contributed by atoms with van der Waals surface area (Å²) in [5, 5.41) is 19.0. The molecule has 2 aliphatic rings. The number of hydrogen-bond acceptors (Lipinski definition) is 4. The Morgan fingerprint density at radius 2 is 2.27 bits per heavy atom. The Bertz CT molecular complexity index is 572. The van der Waals surface area contributed by atoms with Crippen LogP contribution in [0.3, 0.4) is 0 Å². The molecule has 0 radical (unpaired) electrons. The molecule has 118 valence electrons. The van der Waals surface area contributed by atoms with Crippen LogP contribution in [0.1, 0.15) is 30.4 Å². The standard InChI is InChI=1S/C17H21FN2O2/c18-15-8-12(9-19)3-4-13(15)10-20-6-1-2-16(20)14-11-22-7-5-17(14)21/h3-4,8,14,16-17,21H,1-2,5-7,10-11H2/t14-,16-,17+/m1/s1. The van der Waals surface area contributed by atoms with Crippen molar-refractivity contribution in [2.75, 3.05) is 19.8 Å². The molecule has 0 unspecified atom stereocenters. The van der Waals surface area contributed by atoms with Crippen molar-refractivity contribution in [2.24, 2.45) is 5.92 Å². The van der Waals surface area contributed by atoms with Gasteiger partial charge in [-0.1, -0.05) is 6.07 Å². The second-order valence-electron chi connectivity index (χ2n) is 6.19. The van der Waals surface area contributed by atoms with E-state index in [4.69, 9.17) is 10.00 Å². The fourth-order valence-corrected chi connectivity index (χ4v) is 3.61. The molecule has 0 spiro atoms. The first-order valence-electron chi connectivity index (χ1n) is 7.87. The third kappa shape index (κ3) is 3.14. The first-order chi connectivity index (χ1) is 10.7. The van der Waals surface area contributed by atoms with E-state index in [2.05, 4.69) is 4.90 Å². The second kappa shape index (κ2) is 6.74. The van der Waals surface area contributed by atoms with E-state index in [1.807, 2.05) is 6.07 Å². The smallest absolute Gasteiger partial charge is 0.129 e. The highest BCUT2D eigenvalue weighted by atomic mass is 19.1. The summed E-state index contributed by atoms with van der Waals surface area (Å²) >= 11 is 0. The maximum atomic E-state index is 14.1. The van der Waals surface area contributed by atoms with E-state index in [0.717, 1.165) is 19.4 Å². The summed E-state index contributed by atoms with van der Waals surface area (Å²) in [4.78, 5) is 2.24. The summed E-state index contributed by atoms with van der Waals surface area (Å²) < 4.78 is 19.6. The molecule has 1 aromatic rings. The van der Waals surface area contributed by atoms with E-state index in [-0.39, 0.29) is 23.9 Å². The van der Waals surface area contributed by atoms with Crippen molar-refractivity contribution in [3.05, 3.63) is 35.1 Å². The number of likely N-dealkylation sites (tertiary alicyclic amines) is 1. The highest BCUT2D eigenvalue weighted by Crippen LogP contribution is 2.31. The van der Waals surface area contributed by atoms with Gasteiger partial charge in [-0.05, 0) is 37.9 Å². The van der Waals surface area contributed by atoms with Crippen molar-refractivity contribution in [1.29, 1.82) is 5.26 Å². The molecule has 4 nitrogen and oxygen atoms in total. The molecule has 0 saturated carbocycles. The maximum absolute atomic E-state index is 14.1. The zero-order chi connectivity index (χ0) is 15.5. The van der Waals surface area contributed by atoms with E-state index in [1.165, 1.54) is 6.07 Å². The van der Waals surface area contributed by atoms with Gasteiger partial charge < -0.3 is 9.84 Å². The fraction of sp³-hybridized carbons (Fsp3) is 0.588. The largest absolute Gasteiger partial charge is 0.393 e. The monoisotopic (exact) mass is 304 g/mol. The van der Waals surface area contributed by atoms with Crippen molar-refractivity contribution in [1.82, 2.24) is 4.90 Å². The number of aliphatic hydroxyl groups is 1. The van der Waals surface area contributed by atoms with E-state index < -0.39 is 0 Å². The molecular weight excluding hydrogens is 283 g/mol. The third-order valence-electron chi connectivity index (χ3n) is 4.83. The predicted molar refractivity (Wildman–Crippen MR) is 79.5 cm³/mol. The van der Waals surface area contributed by atoms with Crippen LogP contribution in [0.5, 0.6) is 0 Å². The molecular formula is C17H21FN2O2. The van der Waals surface area contributed by atoms with Crippen molar-refractivity contribution in [3.63, 3.8) is 0 Å². The van der Waals surface area contributed by atoms with Gasteiger partial charge in [0.2, 0.25) is 0 Å². The molecule has 2 aliphatic heterocycles. The Labute approximate surface area is 130 Å². The molecule has 2 heterocycles. The number of ether oxygens (including phenoxy) is 1. The summed E-state index contributed by atoms with van der Waals surface area (Å²) in [6, 6.07) is 6.83. The van der Waals surface area contributed by atoms with Gasteiger partial charge in [0.1, 0.15) is 5.82 Å². The van der Waals surface area contributed by atoms with Crippen LogP contribution in [-0.4, -0.2) is 41.9 Å². The normalized spacial score (nSPS) is 29.4. The molecule has 3 rings (SSSR count). The van der Waals surface area contributed by atoms with Crippen LogP contribution in [0.15, 0.2) is 18.2 Å². The summed E-state index contributed by atoms with van der Waals surface area (Å²) in [6.07, 6.45) is 2.43. The number of nitriles is 1. The predicted octanol–water partition coefficient (Wildman–Crippen LogP) is 2.06. The van der Waals surface area contributed by atoms with Crippen LogP contribution in [0, 0.1) is 23.1 Å². The number of nitrogens with zero attached hydrogens (tertiary/aromatic N) is 2. The van der Waals surface area contributed by atoms with Gasteiger partial charge in [-0.25, -0.2) is 4.39 Å². The number of aliphatic hydroxyl groups excluding tert-OH is 1. The molecule has 2 saturated heterocycles. The van der Waals surface area contributed by atoms with E-state index >= 15 is 0 Å². The Morgan fingerprint density at radius 3 is 3.00 bits per heavy atom. The van der Waals surface area contributed by atoms with Gasteiger partial charge in [-0.15, -0.1) is 0 Å². The van der Waals surface area contributed by atoms with Gasteiger partial charge in [-0.2, -0.15) is 5.26 Å². The molecule has 0 bridgehead atoms. The molecule has 22 heavy (non-hydrogen) atoms. The second-order valence-corrected chi connectivity index (χ2v) is 6.19. The summed E-state index contributed by atoms with van der Waals surface area (Å²) in [7, 11) is 0. The molecule has 2 fully saturated rings. The SMILES string of the molecule is N#Cc1ccc(CN2CCC[C@@H]2[C@H]2COCC[C@@H]2O)c(F)c1. The number of halogens is 1. The van der Waals surface area contributed by atoms with Gasteiger partial charge in [0.05, 0.1) is 24.3 Å². The topological polar surface area (TPSA) is 56.5 Å². The third-order valence-corrected chi connectivity index (χ3v) is 4.83. The first-order valence-corrected chi connectivity index (χ1v) is 7.87. The number of benzene rings is 1. The Kier molecular flexibility index (Phi) is 4.72. The molecule has 0 aliphatic carbocycles. The zero-order valence-corrected chi connectivity index (χ0v) is 12.5. The van der Waals surface area contributed by atoms with Crippen molar-refractivity contribution >= 4 is 0 Å². The highest BCUT2D eigenvalue weighted by Gasteiger charge is 2.37. The lowest BCUT2D eigenvalue weighted by atomic mass is 9.89. The van der Waals surface area contributed by atoms with E-state index in [1.54, 1.807) is 12.1 Å². The maximum Gasteiger partial charge on any atom is 0.129 e. The Morgan fingerprint density at radius 1 is 1.41 bits per heavy atom. The van der Waals surface area contributed by atoms with Gasteiger partial charge >= 0.3 is 0 Å². The first kappa shape index (κ1) is 15.4. The lowest BCUT2D eigenvalue weighted by Crippen LogP contribution is -2.45. The molecule has 5 heteroatoms. The van der Waals surface area contributed by atoms with E-state index in [0.29, 0.717) is 37.3 Å². The van der Waals surface area contributed by atoms with Crippen LogP contribution in [0.2, 0.25) is 0 Å². The van der Waals surface area contributed by atoms with Crippen molar-refractivity contribution < 1.29 is 14.2 Å². The summed E-state index contributed by atoms with van der Waals surface area (Å²) in [5.74, 6) is -0.220. The molecule has 1 N–H and O–H groups in total. The fourth-order valence-electron chi connectivity index (χ4n) is 3.61.